The van der Waals surface area contributed by atoms with Gasteiger partial charge < -0.3 is 25.2 Å². The number of amides is 2. The number of alkyl carbamates (subject to hydrolysis) is 1. The summed E-state index contributed by atoms with van der Waals surface area (Å²) in [6.07, 6.45) is -0.754. The molecule has 0 aliphatic heterocycles. The summed E-state index contributed by atoms with van der Waals surface area (Å²) in [4.78, 5) is 34.7. The smallest absolute Gasteiger partial charge is 0.407 e. The highest BCUT2D eigenvalue weighted by Gasteiger charge is 2.29. The average Bonchev–Trinajstić information content (AvgIpc) is 3.08. The van der Waals surface area contributed by atoms with E-state index in [2.05, 4.69) is 22.8 Å². The number of hydrogen-bond donors (Lipinski definition) is 3. The highest BCUT2D eigenvalue weighted by molar-refractivity contribution is 5.85. The molecule has 3 N–H and O–H groups in total. The van der Waals surface area contributed by atoms with Crippen LogP contribution in [0.4, 0.5) is 4.79 Å². The molecule has 0 saturated carbocycles. The molecule has 2 aromatic carbocycles. The molecule has 3 rings (SSSR count). The van der Waals surface area contributed by atoms with Crippen LogP contribution in [0, 0.1) is 0 Å². The minimum absolute atomic E-state index is 0.0507. The Labute approximate surface area is 180 Å². The first-order valence-corrected chi connectivity index (χ1v) is 10.2. The molecule has 0 saturated heterocycles. The Bertz CT molecular complexity index is 900. The minimum atomic E-state index is -0.940. The molecule has 1 aliphatic carbocycles. The number of carboxylic acids is 1. The van der Waals surface area contributed by atoms with Crippen LogP contribution in [0.2, 0.25) is 0 Å². The zero-order chi connectivity index (χ0) is 22.2. The van der Waals surface area contributed by atoms with Gasteiger partial charge in [0.1, 0.15) is 12.6 Å². The van der Waals surface area contributed by atoms with E-state index in [0.29, 0.717) is 0 Å². The van der Waals surface area contributed by atoms with Crippen LogP contribution >= 0.6 is 0 Å². The molecule has 1 atom stereocenters. The molecule has 2 amide bonds. The average molecular weight is 426 g/mol. The van der Waals surface area contributed by atoms with Gasteiger partial charge in [-0.3, -0.25) is 9.59 Å². The maximum atomic E-state index is 12.2. The van der Waals surface area contributed by atoms with E-state index in [1.54, 1.807) is 6.92 Å². The maximum Gasteiger partial charge on any atom is 0.407 e. The van der Waals surface area contributed by atoms with Crippen molar-refractivity contribution in [3.05, 3.63) is 59.7 Å². The highest BCUT2D eigenvalue weighted by Crippen LogP contribution is 2.44. The Morgan fingerprint density at radius 1 is 1.00 bits per heavy atom. The SMILES string of the molecule is C[C@@H](NC(=O)OCC1c2ccccc2-c2ccccc21)C(=O)NCCOCCC(=O)O. The Morgan fingerprint density at radius 2 is 1.61 bits per heavy atom. The van der Waals surface area contributed by atoms with Gasteiger partial charge in [0, 0.05) is 12.5 Å². The van der Waals surface area contributed by atoms with Gasteiger partial charge in [0.2, 0.25) is 5.91 Å². The largest absolute Gasteiger partial charge is 0.481 e. The van der Waals surface area contributed by atoms with Crippen molar-refractivity contribution in [2.75, 3.05) is 26.4 Å². The molecular weight excluding hydrogens is 400 g/mol. The van der Waals surface area contributed by atoms with E-state index in [1.807, 2.05) is 36.4 Å². The fourth-order valence-electron chi connectivity index (χ4n) is 3.54. The summed E-state index contributed by atoms with van der Waals surface area (Å²) >= 11 is 0. The summed E-state index contributed by atoms with van der Waals surface area (Å²) in [6.45, 7) is 2.22. The fourth-order valence-corrected chi connectivity index (χ4v) is 3.54. The van der Waals surface area contributed by atoms with Gasteiger partial charge in [-0.25, -0.2) is 4.79 Å². The van der Waals surface area contributed by atoms with Crippen LogP contribution < -0.4 is 10.6 Å². The van der Waals surface area contributed by atoms with Gasteiger partial charge in [0.05, 0.1) is 19.6 Å². The lowest BCUT2D eigenvalue weighted by Gasteiger charge is -2.17. The number of ether oxygens (including phenoxy) is 2. The van der Waals surface area contributed by atoms with Crippen molar-refractivity contribution in [2.45, 2.75) is 25.3 Å². The summed E-state index contributed by atoms with van der Waals surface area (Å²) in [7, 11) is 0. The van der Waals surface area contributed by atoms with E-state index < -0.39 is 18.1 Å². The second kappa shape index (κ2) is 10.6. The Hall–Kier alpha value is -3.39. The number of fused-ring (bicyclic) bond motifs is 3. The van der Waals surface area contributed by atoms with E-state index in [4.69, 9.17) is 14.6 Å². The van der Waals surface area contributed by atoms with Crippen LogP contribution in [0.5, 0.6) is 0 Å². The summed E-state index contributed by atoms with van der Waals surface area (Å²) in [5.41, 5.74) is 4.52. The molecule has 164 valence electrons. The Kier molecular flexibility index (Phi) is 7.61. The molecule has 31 heavy (non-hydrogen) atoms. The lowest BCUT2D eigenvalue weighted by Crippen LogP contribution is -2.46. The summed E-state index contributed by atoms with van der Waals surface area (Å²) < 4.78 is 10.5. The van der Waals surface area contributed by atoms with Gasteiger partial charge >= 0.3 is 12.1 Å². The molecule has 0 spiro atoms. The van der Waals surface area contributed by atoms with Gasteiger partial charge in [0.15, 0.2) is 0 Å². The molecule has 0 fully saturated rings. The van der Waals surface area contributed by atoms with Crippen molar-refractivity contribution in [3.8, 4) is 11.1 Å². The summed E-state index contributed by atoms with van der Waals surface area (Å²) in [6, 6.07) is 15.3. The number of nitrogens with one attached hydrogen (secondary N) is 2. The molecule has 8 heteroatoms. The fraction of sp³-hybridized carbons (Fsp3) is 0.348. The number of aliphatic carboxylic acids is 1. The molecule has 8 nitrogen and oxygen atoms in total. The minimum Gasteiger partial charge on any atom is -0.481 e. The van der Waals surface area contributed by atoms with Gasteiger partial charge in [0.25, 0.3) is 0 Å². The zero-order valence-electron chi connectivity index (χ0n) is 17.3. The first-order chi connectivity index (χ1) is 15.0. The molecule has 2 aromatic rings. The molecule has 0 aromatic heterocycles. The topological polar surface area (TPSA) is 114 Å². The standard InChI is InChI=1S/C23H26N2O6/c1-15(22(28)24-11-13-30-12-10-21(26)27)25-23(29)31-14-20-18-8-4-2-6-16(18)17-7-3-5-9-19(17)20/h2-9,15,20H,10-14H2,1H3,(H,24,28)(H,25,29)(H,26,27)/t15-/m1/s1. The Morgan fingerprint density at radius 3 is 2.23 bits per heavy atom. The number of carbonyl (C=O) groups excluding carboxylic acids is 2. The number of carboxylic acid groups (broad SMARTS) is 1. The second-order valence-electron chi connectivity index (χ2n) is 7.24. The second-order valence-corrected chi connectivity index (χ2v) is 7.24. The van der Waals surface area contributed by atoms with E-state index in [-0.39, 0.29) is 44.6 Å². The van der Waals surface area contributed by atoms with E-state index in [0.717, 1.165) is 22.3 Å². The van der Waals surface area contributed by atoms with Crippen LogP contribution in [0.25, 0.3) is 11.1 Å². The van der Waals surface area contributed by atoms with Gasteiger partial charge in [-0.1, -0.05) is 48.5 Å². The summed E-state index contributed by atoms with van der Waals surface area (Å²) in [5.74, 6) is -1.37. The molecule has 0 bridgehead atoms. The molecular formula is C23H26N2O6. The third-order valence-corrected chi connectivity index (χ3v) is 5.08. The lowest BCUT2D eigenvalue weighted by atomic mass is 9.98. The Balaban J connectivity index is 1.44. The van der Waals surface area contributed by atoms with Gasteiger partial charge in [-0.15, -0.1) is 0 Å². The highest BCUT2D eigenvalue weighted by atomic mass is 16.5. The molecule has 0 heterocycles. The third-order valence-electron chi connectivity index (χ3n) is 5.08. The van der Waals surface area contributed by atoms with E-state index >= 15 is 0 Å². The van der Waals surface area contributed by atoms with Crippen LogP contribution in [0.3, 0.4) is 0 Å². The van der Waals surface area contributed by atoms with Gasteiger partial charge in [-0.2, -0.15) is 0 Å². The van der Waals surface area contributed by atoms with E-state index in [1.165, 1.54) is 0 Å². The molecule has 1 aliphatic rings. The molecule has 0 radical (unpaired) electrons. The van der Waals surface area contributed by atoms with E-state index in [9.17, 15) is 14.4 Å². The lowest BCUT2D eigenvalue weighted by molar-refractivity contribution is -0.138. The predicted octanol–water partition coefficient (Wildman–Crippen LogP) is 2.52. The maximum absolute atomic E-state index is 12.2. The van der Waals surface area contributed by atoms with Gasteiger partial charge in [-0.05, 0) is 29.2 Å². The first kappa shape index (κ1) is 22.3. The van der Waals surface area contributed by atoms with Crippen molar-refractivity contribution in [2.24, 2.45) is 0 Å². The number of carbonyl (C=O) groups is 3. The first-order valence-electron chi connectivity index (χ1n) is 10.2. The van der Waals surface area contributed by atoms with Crippen LogP contribution in [0.1, 0.15) is 30.4 Å². The third kappa shape index (κ3) is 5.82. The number of rotatable bonds is 10. The number of hydrogen-bond acceptors (Lipinski definition) is 5. The predicted molar refractivity (Wildman–Crippen MR) is 114 cm³/mol. The zero-order valence-corrected chi connectivity index (χ0v) is 17.3. The van der Waals surface area contributed by atoms with Crippen molar-refractivity contribution in [3.63, 3.8) is 0 Å². The van der Waals surface area contributed by atoms with Crippen molar-refractivity contribution in [1.29, 1.82) is 0 Å². The van der Waals surface area contributed by atoms with Crippen molar-refractivity contribution < 1.29 is 29.0 Å². The van der Waals surface area contributed by atoms with Crippen LogP contribution in [0.15, 0.2) is 48.5 Å². The van der Waals surface area contributed by atoms with Crippen LogP contribution in [-0.2, 0) is 19.1 Å². The van der Waals surface area contributed by atoms with Crippen molar-refractivity contribution in [1.82, 2.24) is 10.6 Å². The quantitative estimate of drug-likeness (QED) is 0.503. The molecule has 0 unspecified atom stereocenters. The summed E-state index contributed by atoms with van der Waals surface area (Å²) in [5, 5.41) is 13.7. The monoisotopic (exact) mass is 426 g/mol. The number of benzene rings is 2. The van der Waals surface area contributed by atoms with Crippen LogP contribution in [-0.4, -0.2) is 55.5 Å². The normalized spacial score (nSPS) is 13.1. The van der Waals surface area contributed by atoms with Crippen molar-refractivity contribution >= 4 is 18.0 Å².